The minimum absolute atomic E-state index is 0.241. The molecular weight excluding hydrogens is 421 g/mol. The van der Waals surface area contributed by atoms with Crippen molar-refractivity contribution < 1.29 is 22.4 Å². The van der Waals surface area contributed by atoms with Crippen molar-refractivity contribution in [3.05, 3.63) is 65.2 Å². The SMILES string of the molecule is CN(C)C(=O)c1nn(CCC(F)(F)F)c2c1CN(Cc1ccc(-c3ccco3)cc1)CC2. The fourth-order valence-electron chi connectivity index (χ4n) is 3.96. The molecule has 170 valence electrons. The number of fused-ring (bicyclic) bond motifs is 1. The Kier molecular flexibility index (Phi) is 6.10. The van der Waals surface area contributed by atoms with Gasteiger partial charge in [0.2, 0.25) is 0 Å². The maximum Gasteiger partial charge on any atom is 0.390 e. The van der Waals surface area contributed by atoms with E-state index in [-0.39, 0.29) is 18.1 Å². The third-order valence-corrected chi connectivity index (χ3v) is 5.59. The van der Waals surface area contributed by atoms with Crippen LogP contribution in [0, 0.1) is 0 Å². The number of rotatable bonds is 6. The molecule has 0 aliphatic carbocycles. The molecule has 0 unspecified atom stereocenters. The van der Waals surface area contributed by atoms with Gasteiger partial charge in [0.25, 0.3) is 5.91 Å². The number of furan rings is 1. The topological polar surface area (TPSA) is 54.5 Å². The van der Waals surface area contributed by atoms with Crippen molar-refractivity contribution in [2.24, 2.45) is 0 Å². The molecule has 3 heterocycles. The van der Waals surface area contributed by atoms with Gasteiger partial charge in [0.1, 0.15) is 5.76 Å². The van der Waals surface area contributed by atoms with Crippen LogP contribution in [0.4, 0.5) is 13.2 Å². The Hall–Kier alpha value is -3.07. The zero-order valence-electron chi connectivity index (χ0n) is 18.0. The van der Waals surface area contributed by atoms with Gasteiger partial charge in [-0.1, -0.05) is 24.3 Å². The lowest BCUT2D eigenvalue weighted by Gasteiger charge is -2.28. The second-order valence-corrected chi connectivity index (χ2v) is 8.20. The van der Waals surface area contributed by atoms with Crippen LogP contribution < -0.4 is 0 Å². The number of nitrogens with zero attached hydrogens (tertiary/aromatic N) is 4. The van der Waals surface area contributed by atoms with Crippen molar-refractivity contribution in [2.75, 3.05) is 20.6 Å². The van der Waals surface area contributed by atoms with Gasteiger partial charge >= 0.3 is 6.18 Å². The average molecular weight is 446 g/mol. The van der Waals surface area contributed by atoms with E-state index in [1.807, 2.05) is 36.4 Å². The van der Waals surface area contributed by atoms with E-state index in [1.54, 1.807) is 20.4 Å². The van der Waals surface area contributed by atoms with Gasteiger partial charge < -0.3 is 9.32 Å². The van der Waals surface area contributed by atoms with Crippen molar-refractivity contribution in [1.29, 1.82) is 0 Å². The molecule has 4 rings (SSSR count). The molecule has 0 saturated heterocycles. The molecule has 0 fully saturated rings. The molecule has 2 aromatic heterocycles. The molecule has 32 heavy (non-hydrogen) atoms. The predicted molar refractivity (Wildman–Crippen MR) is 113 cm³/mol. The third-order valence-electron chi connectivity index (χ3n) is 5.59. The van der Waals surface area contributed by atoms with Gasteiger partial charge in [-0.05, 0) is 17.7 Å². The molecule has 1 aromatic carbocycles. The largest absolute Gasteiger partial charge is 0.464 e. The standard InChI is InChI=1S/C23H25F3N4O2/c1-28(2)22(31)21-18-15-29(11-9-19(18)30(27-21)12-10-23(24,25)26)14-16-5-7-17(8-6-16)20-4-3-13-32-20/h3-8,13H,9-12,14-15H2,1-2H3. The number of benzene rings is 1. The number of halogens is 3. The molecule has 0 N–H and O–H groups in total. The number of hydrogen-bond acceptors (Lipinski definition) is 4. The number of carbonyl (C=O) groups is 1. The average Bonchev–Trinajstić information content (AvgIpc) is 3.40. The molecule has 6 nitrogen and oxygen atoms in total. The highest BCUT2D eigenvalue weighted by molar-refractivity contribution is 5.93. The Balaban J connectivity index is 1.52. The smallest absolute Gasteiger partial charge is 0.390 e. The van der Waals surface area contributed by atoms with Crippen molar-refractivity contribution in [1.82, 2.24) is 19.6 Å². The molecule has 1 aliphatic heterocycles. The number of carbonyl (C=O) groups excluding carboxylic acids is 1. The van der Waals surface area contributed by atoms with Crippen LogP contribution in [0.3, 0.4) is 0 Å². The molecular formula is C23H25F3N4O2. The minimum atomic E-state index is -4.27. The zero-order valence-corrected chi connectivity index (χ0v) is 18.0. The molecule has 3 aromatic rings. The number of amides is 1. The number of aromatic nitrogens is 2. The molecule has 0 saturated carbocycles. The summed E-state index contributed by atoms with van der Waals surface area (Å²) in [5.74, 6) is 0.508. The fraction of sp³-hybridized carbons (Fsp3) is 0.391. The summed E-state index contributed by atoms with van der Waals surface area (Å²) >= 11 is 0. The first-order chi connectivity index (χ1) is 15.2. The van der Waals surface area contributed by atoms with Gasteiger partial charge in [-0.15, -0.1) is 0 Å². The second-order valence-electron chi connectivity index (χ2n) is 8.20. The second kappa shape index (κ2) is 8.82. The first-order valence-corrected chi connectivity index (χ1v) is 10.4. The van der Waals surface area contributed by atoms with Crippen LogP contribution in [-0.4, -0.2) is 52.3 Å². The van der Waals surface area contributed by atoms with E-state index in [0.717, 1.165) is 28.1 Å². The summed E-state index contributed by atoms with van der Waals surface area (Å²) < 4.78 is 45.1. The van der Waals surface area contributed by atoms with Crippen LogP contribution in [-0.2, 0) is 26.1 Å². The highest BCUT2D eigenvalue weighted by atomic mass is 19.4. The van der Waals surface area contributed by atoms with Gasteiger partial charge in [-0.25, -0.2) is 0 Å². The molecule has 0 spiro atoms. The van der Waals surface area contributed by atoms with Crippen LogP contribution in [0.25, 0.3) is 11.3 Å². The number of aryl methyl sites for hydroxylation is 1. The van der Waals surface area contributed by atoms with Crippen molar-refractivity contribution >= 4 is 5.91 Å². The fourth-order valence-corrected chi connectivity index (χ4v) is 3.96. The Bertz CT molecular complexity index is 1070. The van der Waals surface area contributed by atoms with E-state index in [4.69, 9.17) is 4.42 Å². The van der Waals surface area contributed by atoms with E-state index < -0.39 is 12.6 Å². The summed E-state index contributed by atoms with van der Waals surface area (Å²) in [6.45, 7) is 1.54. The van der Waals surface area contributed by atoms with Gasteiger partial charge in [0.05, 0.1) is 12.7 Å². The van der Waals surface area contributed by atoms with E-state index in [1.165, 1.54) is 9.58 Å². The third kappa shape index (κ3) is 4.88. The number of alkyl halides is 3. The summed E-state index contributed by atoms with van der Waals surface area (Å²) in [5, 5.41) is 4.29. The first-order valence-electron chi connectivity index (χ1n) is 10.4. The monoisotopic (exact) mass is 446 g/mol. The maximum atomic E-state index is 12.8. The van der Waals surface area contributed by atoms with E-state index in [0.29, 0.717) is 26.1 Å². The molecule has 0 atom stereocenters. The molecule has 0 bridgehead atoms. The molecule has 0 radical (unpaired) electrons. The molecule has 9 heteroatoms. The van der Waals surface area contributed by atoms with Crippen LogP contribution in [0.1, 0.15) is 33.7 Å². The van der Waals surface area contributed by atoms with Crippen molar-refractivity contribution in [3.8, 4) is 11.3 Å². The summed E-state index contributed by atoms with van der Waals surface area (Å²) in [5.41, 5.74) is 3.79. The lowest BCUT2D eigenvalue weighted by atomic mass is 10.0. The van der Waals surface area contributed by atoms with Gasteiger partial charge in [0.15, 0.2) is 5.69 Å². The highest BCUT2D eigenvalue weighted by Gasteiger charge is 2.32. The summed E-state index contributed by atoms with van der Waals surface area (Å²) in [6, 6.07) is 11.8. The van der Waals surface area contributed by atoms with Gasteiger partial charge in [-0.2, -0.15) is 18.3 Å². The minimum Gasteiger partial charge on any atom is -0.464 e. The highest BCUT2D eigenvalue weighted by Crippen LogP contribution is 2.28. The van der Waals surface area contributed by atoms with E-state index in [9.17, 15) is 18.0 Å². The predicted octanol–water partition coefficient (Wildman–Crippen LogP) is 4.36. The van der Waals surface area contributed by atoms with Gasteiger partial charge in [0, 0.05) is 63.5 Å². The summed E-state index contributed by atoms with van der Waals surface area (Å²) in [6.07, 6.45) is -3.06. The summed E-state index contributed by atoms with van der Waals surface area (Å²) in [7, 11) is 3.23. The Labute approximate surface area is 184 Å². The first kappa shape index (κ1) is 22.1. The number of hydrogen-bond donors (Lipinski definition) is 0. The van der Waals surface area contributed by atoms with Crippen molar-refractivity contribution in [3.63, 3.8) is 0 Å². The molecule has 1 amide bonds. The quantitative estimate of drug-likeness (QED) is 0.565. The zero-order chi connectivity index (χ0) is 22.9. The van der Waals surface area contributed by atoms with Crippen LogP contribution in [0.5, 0.6) is 0 Å². The Morgan fingerprint density at radius 1 is 1.19 bits per heavy atom. The van der Waals surface area contributed by atoms with E-state index in [2.05, 4.69) is 10.00 Å². The van der Waals surface area contributed by atoms with Crippen LogP contribution >= 0.6 is 0 Å². The summed E-state index contributed by atoms with van der Waals surface area (Å²) in [4.78, 5) is 16.2. The maximum absolute atomic E-state index is 12.8. The Morgan fingerprint density at radius 3 is 2.56 bits per heavy atom. The molecule has 1 aliphatic rings. The van der Waals surface area contributed by atoms with Crippen LogP contribution in [0.15, 0.2) is 47.1 Å². The lowest BCUT2D eigenvalue weighted by molar-refractivity contribution is -0.137. The van der Waals surface area contributed by atoms with Crippen LogP contribution in [0.2, 0.25) is 0 Å². The van der Waals surface area contributed by atoms with Gasteiger partial charge in [-0.3, -0.25) is 14.4 Å². The Morgan fingerprint density at radius 2 is 1.94 bits per heavy atom. The normalized spacial score (nSPS) is 14.4. The van der Waals surface area contributed by atoms with Crippen molar-refractivity contribution in [2.45, 2.75) is 38.7 Å². The lowest BCUT2D eigenvalue weighted by Crippen LogP contribution is -2.32. The van der Waals surface area contributed by atoms with E-state index >= 15 is 0 Å².